The van der Waals surface area contributed by atoms with E-state index < -0.39 is 0 Å². The van der Waals surface area contributed by atoms with Crippen LogP contribution in [0.25, 0.3) is 0 Å². The molecule has 2 amide bonds. The van der Waals surface area contributed by atoms with E-state index in [0.29, 0.717) is 18.2 Å². The van der Waals surface area contributed by atoms with Gasteiger partial charge in [0.05, 0.1) is 11.6 Å². The molecule has 2 rings (SSSR count). The lowest BCUT2D eigenvalue weighted by Gasteiger charge is -2.24. The topological polar surface area (TPSA) is 40.6 Å². The summed E-state index contributed by atoms with van der Waals surface area (Å²) in [6.45, 7) is 4.25. The van der Waals surface area contributed by atoms with E-state index in [1.54, 1.807) is 15.9 Å². The van der Waals surface area contributed by atoms with Crippen LogP contribution in [0, 0.1) is 0 Å². The molecule has 0 spiro atoms. The zero-order valence-electron chi connectivity index (χ0n) is 10.6. The highest BCUT2D eigenvalue weighted by atomic mass is 32.2. The Labute approximate surface area is 117 Å². The number of anilines is 1. The third-order valence-electron chi connectivity index (χ3n) is 2.83. The molecule has 0 N–H and O–H groups in total. The largest absolute Gasteiger partial charge is 0.323 e. The van der Waals surface area contributed by atoms with Gasteiger partial charge in [-0.3, -0.25) is 9.59 Å². The minimum Gasteiger partial charge on any atom is -0.323 e. The van der Waals surface area contributed by atoms with Crippen molar-refractivity contribution < 1.29 is 9.59 Å². The smallest absolute Gasteiger partial charge is 0.246 e. The Morgan fingerprint density at radius 1 is 1.42 bits per heavy atom. The zero-order valence-corrected chi connectivity index (χ0v) is 11.4. The summed E-state index contributed by atoms with van der Waals surface area (Å²) in [6, 6.07) is 9.43. The standard InChI is InChI=1S/C14H16N2O2S/c1-2-8-16(12-6-4-3-5-7-12)13(17)9-15-11-19-10-14(15)18/h2-7H,1,8-11H2. The number of hydrogen-bond donors (Lipinski definition) is 0. The molecule has 1 saturated heterocycles. The summed E-state index contributed by atoms with van der Waals surface area (Å²) in [7, 11) is 0. The minimum atomic E-state index is -0.0815. The summed E-state index contributed by atoms with van der Waals surface area (Å²) in [4.78, 5) is 27.1. The Bertz CT molecular complexity index is 476. The summed E-state index contributed by atoms with van der Waals surface area (Å²) < 4.78 is 0. The van der Waals surface area contributed by atoms with Gasteiger partial charge >= 0.3 is 0 Å². The number of benzene rings is 1. The van der Waals surface area contributed by atoms with E-state index in [1.807, 2.05) is 30.3 Å². The highest BCUT2D eigenvalue weighted by Crippen LogP contribution is 2.17. The van der Waals surface area contributed by atoms with Crippen LogP contribution in [0.1, 0.15) is 0 Å². The van der Waals surface area contributed by atoms with Gasteiger partial charge in [-0.15, -0.1) is 18.3 Å². The summed E-state index contributed by atoms with van der Waals surface area (Å²) in [5.41, 5.74) is 0.826. The summed E-state index contributed by atoms with van der Waals surface area (Å²) in [6.07, 6.45) is 1.69. The van der Waals surface area contributed by atoms with E-state index >= 15 is 0 Å². The van der Waals surface area contributed by atoms with Crippen LogP contribution < -0.4 is 4.90 Å². The second-order valence-electron chi connectivity index (χ2n) is 4.20. The number of nitrogens with zero attached hydrogens (tertiary/aromatic N) is 2. The average Bonchev–Trinajstić information content (AvgIpc) is 2.82. The van der Waals surface area contributed by atoms with Crippen LogP contribution in [0.5, 0.6) is 0 Å². The molecule has 100 valence electrons. The van der Waals surface area contributed by atoms with E-state index in [4.69, 9.17) is 0 Å². The van der Waals surface area contributed by atoms with Crippen LogP contribution in [0.4, 0.5) is 5.69 Å². The van der Waals surface area contributed by atoms with E-state index in [0.717, 1.165) is 5.69 Å². The maximum Gasteiger partial charge on any atom is 0.246 e. The number of amides is 2. The van der Waals surface area contributed by atoms with Crippen molar-refractivity contribution in [2.75, 3.05) is 29.6 Å². The second kappa shape index (κ2) is 6.43. The van der Waals surface area contributed by atoms with Crippen molar-refractivity contribution in [3.8, 4) is 0 Å². The molecule has 0 atom stereocenters. The minimum absolute atomic E-state index is 0.0324. The van der Waals surface area contributed by atoms with Gasteiger partial charge in [-0.1, -0.05) is 24.3 Å². The number of hydrogen-bond acceptors (Lipinski definition) is 3. The Morgan fingerprint density at radius 2 is 2.16 bits per heavy atom. The first-order valence-electron chi connectivity index (χ1n) is 6.04. The van der Waals surface area contributed by atoms with Gasteiger partial charge in [-0.05, 0) is 12.1 Å². The summed E-state index contributed by atoms with van der Waals surface area (Å²) >= 11 is 1.54. The van der Waals surface area contributed by atoms with Crippen molar-refractivity contribution in [1.82, 2.24) is 4.90 Å². The van der Waals surface area contributed by atoms with E-state index in [1.165, 1.54) is 11.8 Å². The summed E-state index contributed by atoms with van der Waals surface area (Å²) in [5.74, 6) is 1.02. The Morgan fingerprint density at radius 3 is 2.74 bits per heavy atom. The zero-order chi connectivity index (χ0) is 13.7. The molecule has 0 saturated carbocycles. The van der Waals surface area contributed by atoms with E-state index in [-0.39, 0.29) is 18.4 Å². The molecule has 4 nitrogen and oxygen atoms in total. The number of carbonyl (C=O) groups excluding carboxylic acids is 2. The lowest BCUT2D eigenvalue weighted by atomic mass is 10.2. The van der Waals surface area contributed by atoms with Gasteiger partial charge in [0.1, 0.15) is 6.54 Å². The molecule has 0 aromatic heterocycles. The molecule has 1 aromatic carbocycles. The second-order valence-corrected chi connectivity index (χ2v) is 5.15. The van der Waals surface area contributed by atoms with Gasteiger partial charge in [-0.25, -0.2) is 0 Å². The van der Waals surface area contributed by atoms with Crippen molar-refractivity contribution in [3.63, 3.8) is 0 Å². The van der Waals surface area contributed by atoms with Crippen LogP contribution >= 0.6 is 11.8 Å². The van der Waals surface area contributed by atoms with Crippen LogP contribution in [-0.2, 0) is 9.59 Å². The van der Waals surface area contributed by atoms with Gasteiger partial charge in [0.2, 0.25) is 11.8 Å². The maximum absolute atomic E-state index is 12.3. The van der Waals surface area contributed by atoms with Crippen LogP contribution in [0.3, 0.4) is 0 Å². The average molecular weight is 276 g/mol. The third kappa shape index (κ3) is 3.38. The molecule has 0 radical (unpaired) electrons. The van der Waals surface area contributed by atoms with Crippen LogP contribution in [-0.4, -0.2) is 41.4 Å². The Balaban J connectivity index is 2.08. The first-order valence-corrected chi connectivity index (χ1v) is 7.19. The molecular formula is C14H16N2O2S. The fourth-order valence-corrected chi connectivity index (χ4v) is 2.78. The predicted octanol–water partition coefficient (Wildman–Crippen LogP) is 1.74. The highest BCUT2D eigenvalue weighted by molar-refractivity contribution is 8.00. The van der Waals surface area contributed by atoms with Crippen molar-refractivity contribution >= 4 is 29.3 Å². The molecule has 1 heterocycles. The van der Waals surface area contributed by atoms with Crippen molar-refractivity contribution in [1.29, 1.82) is 0 Å². The van der Waals surface area contributed by atoms with Crippen molar-refractivity contribution in [3.05, 3.63) is 43.0 Å². The molecule has 0 aliphatic carbocycles. The van der Waals surface area contributed by atoms with Gasteiger partial charge < -0.3 is 9.80 Å². The maximum atomic E-state index is 12.3. The lowest BCUT2D eigenvalue weighted by Crippen LogP contribution is -2.41. The highest BCUT2D eigenvalue weighted by Gasteiger charge is 2.25. The molecule has 5 heteroatoms. The molecule has 0 unspecified atom stereocenters. The van der Waals surface area contributed by atoms with Crippen molar-refractivity contribution in [2.24, 2.45) is 0 Å². The number of carbonyl (C=O) groups is 2. The molecule has 0 bridgehead atoms. The number of para-hydroxylation sites is 1. The van der Waals surface area contributed by atoms with Gasteiger partial charge in [0.25, 0.3) is 0 Å². The van der Waals surface area contributed by atoms with Gasteiger partial charge in [0.15, 0.2) is 0 Å². The Kier molecular flexibility index (Phi) is 4.63. The van der Waals surface area contributed by atoms with Gasteiger partial charge in [-0.2, -0.15) is 0 Å². The van der Waals surface area contributed by atoms with Gasteiger partial charge in [0, 0.05) is 12.2 Å². The normalized spacial score (nSPS) is 14.5. The number of rotatable bonds is 5. The molecule has 19 heavy (non-hydrogen) atoms. The molecule has 1 aliphatic rings. The number of thioether (sulfide) groups is 1. The lowest BCUT2D eigenvalue weighted by molar-refractivity contribution is -0.131. The fourth-order valence-electron chi connectivity index (χ4n) is 1.88. The molecule has 1 fully saturated rings. The first kappa shape index (κ1) is 13.7. The summed E-state index contributed by atoms with van der Waals surface area (Å²) in [5, 5.41) is 0. The molecule has 1 aliphatic heterocycles. The monoisotopic (exact) mass is 276 g/mol. The quantitative estimate of drug-likeness (QED) is 0.769. The SMILES string of the molecule is C=CCN(C(=O)CN1CSCC1=O)c1ccccc1. The van der Waals surface area contributed by atoms with Crippen molar-refractivity contribution in [2.45, 2.75) is 0 Å². The molecule has 1 aromatic rings. The first-order chi connectivity index (χ1) is 9.22. The van der Waals surface area contributed by atoms with Crippen LogP contribution in [0.15, 0.2) is 43.0 Å². The molecular weight excluding hydrogens is 260 g/mol. The fraction of sp³-hybridized carbons (Fsp3) is 0.286. The van der Waals surface area contributed by atoms with E-state index in [9.17, 15) is 9.59 Å². The predicted molar refractivity (Wildman–Crippen MR) is 78.0 cm³/mol. The third-order valence-corrected chi connectivity index (χ3v) is 3.78. The Hall–Kier alpha value is -1.75. The van der Waals surface area contributed by atoms with E-state index in [2.05, 4.69) is 6.58 Å². The van der Waals surface area contributed by atoms with Crippen LogP contribution in [0.2, 0.25) is 0 Å².